The average molecular weight is 597 g/mol. The summed E-state index contributed by atoms with van der Waals surface area (Å²) in [5.74, 6) is -2.31. The number of ketones is 1. The van der Waals surface area contributed by atoms with E-state index in [9.17, 15) is 31.2 Å². The number of amides is 1. The molecule has 4 N–H and O–H groups in total. The van der Waals surface area contributed by atoms with Gasteiger partial charge in [-0.3, -0.25) is 4.79 Å². The number of carbonyl (C=O) groups excluding carboxylic acids is 2. The molecule has 3 rings (SSSR count). The van der Waals surface area contributed by atoms with Gasteiger partial charge in [0, 0.05) is 19.0 Å². The number of carbonyl (C=O) groups is 3. The second-order valence-corrected chi connectivity index (χ2v) is 10.7. The van der Waals surface area contributed by atoms with Crippen LogP contribution in [-0.2, 0) is 24.4 Å². The van der Waals surface area contributed by atoms with Crippen LogP contribution in [-0.4, -0.2) is 47.3 Å². The standard InChI is InChI=1S/C25H30N4O4S.C2HF3O2/c1-18(30)9-5-3-8-12-23(25-26-17-24(28-25)20-10-6-4-7-11-20)29-34(32,33)22-15-13-21(14-16-22)27-19(2)31;3-2(4,5)1(6)7/h4,6-7,10-11,13-17,23,29H,3,5,8-9,12H2,1-2H3,(H,26,28)(H,27,31);(H,6,7)/t23-;/m0./s1. The molecule has 0 spiro atoms. The number of aliphatic carboxylic acids is 1. The van der Waals surface area contributed by atoms with E-state index >= 15 is 0 Å². The molecule has 0 bridgehead atoms. The van der Waals surface area contributed by atoms with Crippen molar-refractivity contribution in [3.63, 3.8) is 0 Å². The SMILES string of the molecule is CC(=O)CCCCC[C@H](NS(=O)(=O)c1ccc(NC(C)=O)cc1)c1ncc(-c2ccccc2)[nH]1.O=C(O)C(F)(F)F. The van der Waals surface area contributed by atoms with Crippen LogP contribution in [0.1, 0.15) is 57.8 Å². The Morgan fingerprint density at radius 3 is 2.12 bits per heavy atom. The predicted octanol–water partition coefficient (Wildman–Crippen LogP) is 5.23. The number of aromatic nitrogens is 2. The van der Waals surface area contributed by atoms with E-state index in [1.165, 1.54) is 19.1 Å². The molecule has 0 fully saturated rings. The van der Waals surface area contributed by atoms with Crippen LogP contribution in [0.3, 0.4) is 0 Å². The first-order chi connectivity index (χ1) is 19.2. The molecular formula is C27H31F3N4O6S. The zero-order chi connectivity index (χ0) is 30.6. The maximum Gasteiger partial charge on any atom is 0.490 e. The van der Waals surface area contributed by atoms with Gasteiger partial charge >= 0.3 is 12.1 Å². The van der Waals surface area contributed by atoms with Crippen LogP contribution in [0.25, 0.3) is 11.3 Å². The summed E-state index contributed by atoms with van der Waals surface area (Å²) in [6, 6.07) is 15.1. The van der Waals surface area contributed by atoms with Crippen molar-refractivity contribution >= 4 is 33.4 Å². The fourth-order valence-corrected chi connectivity index (χ4v) is 4.84. The number of carboxylic acids is 1. The second-order valence-electron chi connectivity index (χ2n) is 9.03. The lowest BCUT2D eigenvalue weighted by Gasteiger charge is -2.17. The third-order valence-electron chi connectivity index (χ3n) is 5.56. The zero-order valence-electron chi connectivity index (χ0n) is 22.4. The molecule has 1 aromatic heterocycles. The van der Waals surface area contributed by atoms with Crippen molar-refractivity contribution in [2.24, 2.45) is 0 Å². The lowest BCUT2D eigenvalue weighted by atomic mass is 10.1. The highest BCUT2D eigenvalue weighted by atomic mass is 32.2. The van der Waals surface area contributed by atoms with E-state index in [2.05, 4.69) is 20.0 Å². The van der Waals surface area contributed by atoms with Gasteiger partial charge in [0.25, 0.3) is 0 Å². The van der Waals surface area contributed by atoms with Crippen LogP contribution in [0.2, 0.25) is 0 Å². The Kier molecular flexibility index (Phi) is 12.2. The normalized spacial score (nSPS) is 12.1. The van der Waals surface area contributed by atoms with Crippen molar-refractivity contribution in [1.82, 2.24) is 14.7 Å². The summed E-state index contributed by atoms with van der Waals surface area (Å²) < 4.78 is 60.8. The molecule has 1 heterocycles. The molecule has 0 aliphatic heterocycles. The highest BCUT2D eigenvalue weighted by Crippen LogP contribution is 2.25. The number of hydrogen-bond acceptors (Lipinski definition) is 6. The lowest BCUT2D eigenvalue weighted by Crippen LogP contribution is -2.29. The van der Waals surface area contributed by atoms with E-state index in [4.69, 9.17) is 9.90 Å². The summed E-state index contributed by atoms with van der Waals surface area (Å²) in [5, 5.41) is 9.75. The molecule has 222 valence electrons. The monoisotopic (exact) mass is 596 g/mol. The van der Waals surface area contributed by atoms with E-state index in [0.717, 1.165) is 30.5 Å². The highest BCUT2D eigenvalue weighted by molar-refractivity contribution is 7.89. The second kappa shape index (κ2) is 15.1. The van der Waals surface area contributed by atoms with Crippen LogP contribution in [0.4, 0.5) is 18.9 Å². The van der Waals surface area contributed by atoms with Gasteiger partial charge in [0.2, 0.25) is 15.9 Å². The molecule has 1 atom stereocenters. The lowest BCUT2D eigenvalue weighted by molar-refractivity contribution is -0.192. The number of imidazole rings is 1. The third kappa shape index (κ3) is 11.5. The number of carboxylic acid groups (broad SMARTS) is 1. The van der Waals surface area contributed by atoms with E-state index in [1.807, 2.05) is 30.3 Å². The number of H-pyrrole nitrogens is 1. The maximum atomic E-state index is 13.1. The van der Waals surface area contributed by atoms with Gasteiger partial charge in [-0.1, -0.05) is 43.2 Å². The van der Waals surface area contributed by atoms with Crippen LogP contribution in [0.15, 0.2) is 65.7 Å². The number of nitrogens with one attached hydrogen (secondary N) is 3. The number of alkyl halides is 3. The maximum absolute atomic E-state index is 13.1. The summed E-state index contributed by atoms with van der Waals surface area (Å²) in [7, 11) is -3.84. The Hall–Kier alpha value is -4.04. The molecule has 0 aliphatic rings. The van der Waals surface area contributed by atoms with Crippen molar-refractivity contribution < 1.29 is 41.1 Å². The fraction of sp³-hybridized carbons (Fsp3) is 0.333. The van der Waals surface area contributed by atoms with Crippen molar-refractivity contribution in [3.8, 4) is 11.3 Å². The molecule has 41 heavy (non-hydrogen) atoms. The molecule has 0 aliphatic carbocycles. The van der Waals surface area contributed by atoms with Gasteiger partial charge < -0.3 is 20.2 Å². The van der Waals surface area contributed by atoms with E-state index < -0.39 is 28.2 Å². The number of anilines is 1. The number of rotatable bonds is 12. The van der Waals surface area contributed by atoms with Crippen molar-refractivity contribution in [1.29, 1.82) is 0 Å². The van der Waals surface area contributed by atoms with Gasteiger partial charge in [0.05, 0.1) is 22.8 Å². The van der Waals surface area contributed by atoms with Crippen LogP contribution in [0.5, 0.6) is 0 Å². The largest absolute Gasteiger partial charge is 0.490 e. The Morgan fingerprint density at radius 2 is 1.59 bits per heavy atom. The van der Waals surface area contributed by atoms with E-state index in [-0.39, 0.29) is 16.6 Å². The molecule has 10 nitrogen and oxygen atoms in total. The average Bonchev–Trinajstić information content (AvgIpc) is 3.38. The Morgan fingerprint density at radius 1 is 0.976 bits per heavy atom. The minimum atomic E-state index is -5.08. The van der Waals surface area contributed by atoms with Crippen molar-refractivity contribution in [2.75, 3.05) is 5.32 Å². The smallest absolute Gasteiger partial charge is 0.475 e. The quantitative estimate of drug-likeness (QED) is 0.209. The molecule has 0 saturated heterocycles. The molecule has 2 aromatic carbocycles. The number of Topliss-reactive ketones (excluding diaryl/α,β-unsaturated/α-hetero) is 1. The summed E-state index contributed by atoms with van der Waals surface area (Å²) in [5.41, 5.74) is 2.28. The Labute approximate surface area is 235 Å². The number of halogens is 3. The number of benzene rings is 2. The first-order valence-corrected chi connectivity index (χ1v) is 14.0. The summed E-state index contributed by atoms with van der Waals surface area (Å²) >= 11 is 0. The predicted molar refractivity (Wildman–Crippen MR) is 145 cm³/mol. The molecule has 0 saturated carbocycles. The summed E-state index contributed by atoms with van der Waals surface area (Å²) in [6.45, 7) is 2.96. The Balaban J connectivity index is 0.000000745. The molecule has 3 aromatic rings. The number of aromatic amines is 1. The van der Waals surface area contributed by atoms with Gasteiger partial charge in [-0.05, 0) is 49.6 Å². The minimum Gasteiger partial charge on any atom is -0.475 e. The van der Waals surface area contributed by atoms with Crippen LogP contribution >= 0.6 is 0 Å². The van der Waals surface area contributed by atoms with Crippen molar-refractivity contribution in [3.05, 3.63) is 66.6 Å². The molecule has 1 amide bonds. The van der Waals surface area contributed by atoms with Gasteiger partial charge in [-0.15, -0.1) is 0 Å². The molecular weight excluding hydrogens is 565 g/mol. The topological polar surface area (TPSA) is 158 Å². The van der Waals surface area contributed by atoms with Gasteiger partial charge in [0.1, 0.15) is 11.6 Å². The minimum absolute atomic E-state index is 0.0954. The number of sulfonamides is 1. The first-order valence-electron chi connectivity index (χ1n) is 12.5. The first kappa shape index (κ1) is 33.2. The highest BCUT2D eigenvalue weighted by Gasteiger charge is 2.38. The van der Waals surface area contributed by atoms with Crippen LogP contribution in [0, 0.1) is 0 Å². The fourth-order valence-electron chi connectivity index (χ4n) is 3.60. The zero-order valence-corrected chi connectivity index (χ0v) is 23.2. The molecule has 14 heteroatoms. The number of unbranched alkanes of at least 4 members (excludes halogenated alkanes) is 2. The van der Waals surface area contributed by atoms with E-state index in [1.54, 1.807) is 25.3 Å². The van der Waals surface area contributed by atoms with E-state index in [0.29, 0.717) is 24.4 Å². The summed E-state index contributed by atoms with van der Waals surface area (Å²) in [6.07, 6.45) is -0.00560. The Bertz CT molecular complexity index is 1410. The third-order valence-corrected chi connectivity index (χ3v) is 7.04. The summed E-state index contributed by atoms with van der Waals surface area (Å²) in [4.78, 5) is 39.1. The van der Waals surface area contributed by atoms with Crippen molar-refractivity contribution in [2.45, 2.75) is 63.1 Å². The molecule has 0 unspecified atom stereocenters. The number of nitrogens with zero attached hydrogens (tertiary/aromatic N) is 1. The van der Waals surface area contributed by atoms with Crippen LogP contribution < -0.4 is 10.0 Å². The molecule has 0 radical (unpaired) electrons. The number of hydrogen-bond donors (Lipinski definition) is 4. The van der Waals surface area contributed by atoms with Gasteiger partial charge in [-0.25, -0.2) is 22.9 Å². The van der Waals surface area contributed by atoms with Gasteiger partial charge in [0.15, 0.2) is 0 Å². The van der Waals surface area contributed by atoms with Gasteiger partial charge in [-0.2, -0.15) is 13.2 Å².